The van der Waals surface area contributed by atoms with E-state index in [2.05, 4.69) is 0 Å². The monoisotopic (exact) mass is 464 g/mol. The van der Waals surface area contributed by atoms with E-state index in [-0.39, 0.29) is 5.48 Å². The third-order valence-corrected chi connectivity index (χ3v) is 5.68. The van der Waals surface area contributed by atoms with Crippen molar-refractivity contribution in [1.29, 1.82) is 0 Å². The first-order valence-electron chi connectivity index (χ1n) is 10.3. The minimum Gasteiger partial charge on any atom is -0.412 e. The van der Waals surface area contributed by atoms with Crippen molar-refractivity contribution in [1.82, 2.24) is 0 Å². The standard InChI is InChI=1S/C21H21O4P.C6H6.H2O/c1-16-4-10-19(11-5-16)23-26(22,24-20-12-6-17(2)7-13-20)25-21-14-8-18(3)9-15-21;1-2-4-6-5-3-1;/h4-15H,1-3H3;1-6H;1H2. The van der Waals surface area contributed by atoms with Crippen LogP contribution >= 0.6 is 7.82 Å². The number of hydrogen-bond acceptors (Lipinski definition) is 4. The molecule has 0 bridgehead atoms. The number of phosphoric acid groups is 1. The summed E-state index contributed by atoms with van der Waals surface area (Å²) in [7, 11) is -3.93. The fourth-order valence-electron chi connectivity index (χ4n) is 2.63. The van der Waals surface area contributed by atoms with E-state index in [0.29, 0.717) is 17.2 Å². The first kappa shape index (κ1) is 25.7. The lowest BCUT2D eigenvalue weighted by molar-refractivity contribution is 0.298. The van der Waals surface area contributed by atoms with Gasteiger partial charge in [0.2, 0.25) is 0 Å². The molecule has 0 saturated heterocycles. The van der Waals surface area contributed by atoms with Crippen LogP contribution in [0.15, 0.2) is 109 Å². The summed E-state index contributed by atoms with van der Waals surface area (Å²) in [5.74, 6) is 1.24. The van der Waals surface area contributed by atoms with Crippen molar-refractivity contribution in [2.45, 2.75) is 20.8 Å². The van der Waals surface area contributed by atoms with Gasteiger partial charge in [0.1, 0.15) is 17.2 Å². The molecule has 33 heavy (non-hydrogen) atoms. The predicted molar refractivity (Wildman–Crippen MR) is 133 cm³/mol. The van der Waals surface area contributed by atoms with Gasteiger partial charge in [-0.1, -0.05) is 89.5 Å². The third kappa shape index (κ3) is 8.85. The molecule has 2 N–H and O–H groups in total. The highest BCUT2D eigenvalue weighted by molar-refractivity contribution is 7.49. The fraction of sp³-hybridized carbons (Fsp3) is 0.111. The van der Waals surface area contributed by atoms with Crippen LogP contribution in [0.4, 0.5) is 0 Å². The van der Waals surface area contributed by atoms with E-state index >= 15 is 0 Å². The Kier molecular flexibility index (Phi) is 9.74. The largest absolute Gasteiger partial charge is 0.647 e. The van der Waals surface area contributed by atoms with Crippen LogP contribution in [-0.4, -0.2) is 5.48 Å². The lowest BCUT2D eigenvalue weighted by atomic mass is 10.2. The maximum Gasteiger partial charge on any atom is 0.647 e. The first-order valence-corrected chi connectivity index (χ1v) is 11.8. The Bertz CT molecular complexity index is 977. The zero-order valence-corrected chi connectivity index (χ0v) is 19.9. The van der Waals surface area contributed by atoms with Crippen molar-refractivity contribution in [2.24, 2.45) is 0 Å². The molecule has 0 amide bonds. The summed E-state index contributed by atoms with van der Waals surface area (Å²) in [6.45, 7) is 5.90. The molecule has 0 spiro atoms. The molecule has 0 aromatic heterocycles. The van der Waals surface area contributed by atoms with Gasteiger partial charge < -0.3 is 19.0 Å². The Hall–Kier alpha value is -3.53. The van der Waals surface area contributed by atoms with Gasteiger partial charge in [-0.25, -0.2) is 0 Å². The maximum atomic E-state index is 13.3. The van der Waals surface area contributed by atoms with Gasteiger partial charge in [-0.05, 0) is 57.2 Å². The fourth-order valence-corrected chi connectivity index (χ4v) is 3.88. The highest BCUT2D eigenvalue weighted by atomic mass is 31.2. The van der Waals surface area contributed by atoms with Crippen molar-refractivity contribution in [3.05, 3.63) is 126 Å². The Labute approximate surface area is 195 Å². The van der Waals surface area contributed by atoms with Crippen LogP contribution in [0.3, 0.4) is 0 Å². The Morgan fingerprint density at radius 2 is 0.667 bits per heavy atom. The van der Waals surface area contributed by atoms with Crippen LogP contribution in [0.25, 0.3) is 0 Å². The highest BCUT2D eigenvalue weighted by Gasteiger charge is 2.33. The van der Waals surface area contributed by atoms with E-state index in [1.165, 1.54) is 0 Å². The van der Waals surface area contributed by atoms with Gasteiger partial charge in [0.25, 0.3) is 0 Å². The summed E-state index contributed by atoms with van der Waals surface area (Å²) in [4.78, 5) is 0. The number of rotatable bonds is 6. The van der Waals surface area contributed by atoms with E-state index in [1.54, 1.807) is 36.4 Å². The summed E-state index contributed by atoms with van der Waals surface area (Å²) in [5, 5.41) is 0. The molecular weight excluding hydrogens is 435 g/mol. The molecule has 0 aliphatic carbocycles. The second-order valence-corrected chi connectivity index (χ2v) is 8.76. The molecule has 5 nitrogen and oxygen atoms in total. The minimum atomic E-state index is -3.93. The van der Waals surface area contributed by atoms with E-state index in [4.69, 9.17) is 13.6 Å². The number of aryl methyl sites for hydroxylation is 3. The second kappa shape index (κ2) is 12.5. The van der Waals surface area contributed by atoms with Gasteiger partial charge in [0.05, 0.1) is 0 Å². The van der Waals surface area contributed by atoms with E-state index in [1.807, 2.05) is 93.6 Å². The molecule has 0 aliphatic heterocycles. The van der Waals surface area contributed by atoms with Crippen molar-refractivity contribution < 1.29 is 23.6 Å². The van der Waals surface area contributed by atoms with Crippen LogP contribution in [0.1, 0.15) is 16.7 Å². The average molecular weight is 464 g/mol. The predicted octanol–water partition coefficient (Wildman–Crippen LogP) is 7.12. The highest BCUT2D eigenvalue weighted by Crippen LogP contribution is 2.49. The SMILES string of the molecule is Cc1ccc(OP(=O)(Oc2ccc(C)cc2)Oc2ccc(C)cc2)cc1.O.c1ccccc1. The lowest BCUT2D eigenvalue weighted by Gasteiger charge is -2.19. The molecule has 0 unspecified atom stereocenters. The molecule has 6 heteroatoms. The summed E-state index contributed by atoms with van der Waals surface area (Å²) in [6.07, 6.45) is 0. The molecule has 0 fully saturated rings. The lowest BCUT2D eigenvalue weighted by Crippen LogP contribution is -2.07. The van der Waals surface area contributed by atoms with E-state index < -0.39 is 7.82 Å². The summed E-state index contributed by atoms with van der Waals surface area (Å²) < 4.78 is 30.2. The normalized spacial score (nSPS) is 10.2. The first-order chi connectivity index (χ1) is 15.4. The summed E-state index contributed by atoms with van der Waals surface area (Å²) >= 11 is 0. The maximum absolute atomic E-state index is 13.3. The Morgan fingerprint density at radius 3 is 0.879 bits per heavy atom. The van der Waals surface area contributed by atoms with Gasteiger partial charge in [-0.15, -0.1) is 0 Å². The van der Waals surface area contributed by atoms with Crippen molar-refractivity contribution in [3.8, 4) is 17.2 Å². The average Bonchev–Trinajstić information content (AvgIpc) is 2.80. The molecule has 0 aliphatic rings. The third-order valence-electron chi connectivity index (χ3n) is 4.38. The van der Waals surface area contributed by atoms with E-state index in [0.717, 1.165) is 16.7 Å². The molecule has 0 atom stereocenters. The number of benzene rings is 4. The smallest absolute Gasteiger partial charge is 0.412 e. The van der Waals surface area contributed by atoms with Gasteiger partial charge in [-0.3, -0.25) is 0 Å². The molecule has 4 rings (SSSR count). The van der Waals surface area contributed by atoms with Crippen LogP contribution in [0, 0.1) is 20.8 Å². The van der Waals surface area contributed by atoms with Gasteiger partial charge in [0, 0.05) is 0 Å². The van der Waals surface area contributed by atoms with Crippen LogP contribution in [0.2, 0.25) is 0 Å². The van der Waals surface area contributed by atoms with Crippen LogP contribution in [0.5, 0.6) is 17.2 Å². The minimum absolute atomic E-state index is 0. The van der Waals surface area contributed by atoms with Crippen molar-refractivity contribution >= 4 is 7.82 Å². The van der Waals surface area contributed by atoms with Gasteiger partial charge in [-0.2, -0.15) is 4.57 Å². The molecule has 4 aromatic carbocycles. The van der Waals surface area contributed by atoms with Crippen LogP contribution in [-0.2, 0) is 4.57 Å². The molecule has 172 valence electrons. The molecular formula is C27H29O5P. The summed E-state index contributed by atoms with van der Waals surface area (Å²) in [6, 6.07) is 33.6. The van der Waals surface area contributed by atoms with Gasteiger partial charge >= 0.3 is 7.82 Å². The molecule has 0 saturated carbocycles. The number of phosphoric ester groups is 1. The summed E-state index contributed by atoms with van der Waals surface area (Å²) in [5.41, 5.74) is 3.23. The van der Waals surface area contributed by atoms with Crippen molar-refractivity contribution in [2.75, 3.05) is 0 Å². The molecule has 0 heterocycles. The van der Waals surface area contributed by atoms with E-state index in [9.17, 15) is 4.57 Å². The quantitative estimate of drug-likeness (QED) is 0.285. The topological polar surface area (TPSA) is 76.3 Å². The Morgan fingerprint density at radius 1 is 0.455 bits per heavy atom. The second-order valence-electron chi connectivity index (χ2n) is 7.31. The molecule has 0 radical (unpaired) electrons. The zero-order valence-electron chi connectivity index (χ0n) is 19.0. The Balaban J connectivity index is 0.000000479. The molecule has 4 aromatic rings. The van der Waals surface area contributed by atoms with Gasteiger partial charge in [0.15, 0.2) is 0 Å². The van der Waals surface area contributed by atoms with Crippen LogP contribution < -0.4 is 13.6 Å². The number of hydrogen-bond donors (Lipinski definition) is 0. The zero-order chi connectivity index (χ0) is 22.8. The van der Waals surface area contributed by atoms with Crippen molar-refractivity contribution in [3.63, 3.8) is 0 Å².